The van der Waals surface area contributed by atoms with Crippen LogP contribution in [0.2, 0.25) is 0 Å². The maximum atomic E-state index is 4.56. The molecule has 1 aromatic rings. The fourth-order valence-corrected chi connectivity index (χ4v) is 2.03. The first-order chi connectivity index (χ1) is 7.92. The zero-order valence-electron chi connectivity index (χ0n) is 11.5. The highest BCUT2D eigenvalue weighted by Gasteiger charge is 2.12. The van der Waals surface area contributed by atoms with Crippen LogP contribution < -0.4 is 5.32 Å². The van der Waals surface area contributed by atoms with E-state index in [2.05, 4.69) is 49.9 Å². The van der Waals surface area contributed by atoms with E-state index in [1.165, 1.54) is 5.56 Å². The van der Waals surface area contributed by atoms with Gasteiger partial charge in [-0.3, -0.25) is 0 Å². The lowest BCUT2D eigenvalue weighted by Gasteiger charge is -2.17. The van der Waals surface area contributed by atoms with Gasteiger partial charge in [-0.2, -0.15) is 0 Å². The predicted octanol–water partition coefficient (Wildman–Crippen LogP) is 2.93. The molecule has 0 aliphatic carbocycles. The van der Waals surface area contributed by atoms with Crippen LogP contribution in [0.3, 0.4) is 0 Å². The average molecular weight is 253 g/mol. The van der Waals surface area contributed by atoms with Gasteiger partial charge in [0.15, 0.2) is 0 Å². The van der Waals surface area contributed by atoms with E-state index in [9.17, 15) is 0 Å². The number of rotatable bonds is 5. The maximum absolute atomic E-state index is 4.56. The summed E-state index contributed by atoms with van der Waals surface area (Å²) in [6, 6.07) is 0. The molecular weight excluding hydrogens is 230 g/mol. The lowest BCUT2D eigenvalue weighted by atomic mass is 10.2. The van der Waals surface area contributed by atoms with E-state index >= 15 is 0 Å². The van der Waals surface area contributed by atoms with Crippen molar-refractivity contribution in [1.82, 2.24) is 15.3 Å². The normalized spacial score (nSPS) is 11.8. The summed E-state index contributed by atoms with van der Waals surface area (Å²) in [6.45, 7) is 12.6. The number of nitrogens with one attached hydrogen (secondary N) is 1. The highest BCUT2D eigenvalue weighted by Crippen LogP contribution is 2.25. The van der Waals surface area contributed by atoms with Gasteiger partial charge in [-0.15, -0.1) is 11.8 Å². The molecule has 1 N–H and O–H groups in total. The minimum Gasteiger partial charge on any atom is -0.313 e. The molecule has 17 heavy (non-hydrogen) atoms. The molecule has 0 aromatic carbocycles. The summed E-state index contributed by atoms with van der Waals surface area (Å²) in [6.07, 6.45) is 1.95. The van der Waals surface area contributed by atoms with E-state index in [-0.39, 0.29) is 4.75 Å². The fourth-order valence-electron chi connectivity index (χ4n) is 1.32. The van der Waals surface area contributed by atoms with Crippen LogP contribution >= 0.6 is 11.8 Å². The van der Waals surface area contributed by atoms with Crippen LogP contribution in [0.15, 0.2) is 6.20 Å². The number of aryl methyl sites for hydroxylation is 1. The molecule has 0 saturated carbocycles. The Hall–Kier alpha value is -0.610. The summed E-state index contributed by atoms with van der Waals surface area (Å²) in [5.41, 5.74) is 2.28. The van der Waals surface area contributed by atoms with Crippen molar-refractivity contribution in [3.8, 4) is 0 Å². The molecule has 0 bridgehead atoms. The Morgan fingerprint density at radius 3 is 2.59 bits per heavy atom. The largest absolute Gasteiger partial charge is 0.313 e. The standard InChI is InChI=1S/C13H23N3S/c1-6-14-7-11-8-15-12(16-10(11)2)9-17-13(3,4)5/h8,14H,6-7,9H2,1-5H3. The zero-order chi connectivity index (χ0) is 12.9. The van der Waals surface area contributed by atoms with Gasteiger partial charge < -0.3 is 5.32 Å². The Morgan fingerprint density at radius 1 is 1.35 bits per heavy atom. The first-order valence-corrected chi connectivity index (χ1v) is 7.07. The third-order valence-electron chi connectivity index (χ3n) is 2.33. The molecule has 0 spiro atoms. The SMILES string of the molecule is CCNCc1cnc(CSC(C)(C)C)nc1C. The molecule has 0 radical (unpaired) electrons. The van der Waals surface area contributed by atoms with Gasteiger partial charge in [-0.1, -0.05) is 27.7 Å². The molecular formula is C13H23N3S. The van der Waals surface area contributed by atoms with Crippen LogP contribution in [-0.2, 0) is 12.3 Å². The summed E-state index contributed by atoms with van der Waals surface area (Å²) in [4.78, 5) is 8.98. The monoisotopic (exact) mass is 253 g/mol. The first-order valence-electron chi connectivity index (χ1n) is 6.08. The molecule has 0 atom stereocenters. The maximum Gasteiger partial charge on any atom is 0.138 e. The Morgan fingerprint density at radius 2 is 2.06 bits per heavy atom. The summed E-state index contributed by atoms with van der Waals surface area (Å²) < 4.78 is 0.264. The van der Waals surface area contributed by atoms with Gasteiger partial charge >= 0.3 is 0 Å². The molecule has 0 saturated heterocycles. The van der Waals surface area contributed by atoms with E-state index in [4.69, 9.17) is 0 Å². The zero-order valence-corrected chi connectivity index (χ0v) is 12.3. The van der Waals surface area contributed by atoms with Crippen LogP contribution in [0.1, 0.15) is 44.8 Å². The molecule has 0 amide bonds. The molecule has 3 nitrogen and oxygen atoms in total. The van der Waals surface area contributed by atoms with Crippen molar-refractivity contribution in [3.63, 3.8) is 0 Å². The van der Waals surface area contributed by atoms with Crippen LogP contribution in [0.5, 0.6) is 0 Å². The molecule has 0 aliphatic rings. The number of aromatic nitrogens is 2. The Labute approximate surface area is 109 Å². The van der Waals surface area contributed by atoms with E-state index < -0.39 is 0 Å². The third kappa shape index (κ3) is 5.50. The second-order valence-corrected chi connectivity index (χ2v) is 6.88. The molecule has 4 heteroatoms. The Balaban J connectivity index is 2.62. The second-order valence-electron chi connectivity index (χ2n) is 5.08. The lowest BCUT2D eigenvalue weighted by Crippen LogP contribution is -2.14. The van der Waals surface area contributed by atoms with Gasteiger partial charge in [-0.05, 0) is 13.5 Å². The van der Waals surface area contributed by atoms with E-state index in [1.807, 2.05) is 18.0 Å². The predicted molar refractivity (Wildman–Crippen MR) is 75.2 cm³/mol. The van der Waals surface area contributed by atoms with E-state index in [0.29, 0.717) is 0 Å². The van der Waals surface area contributed by atoms with E-state index in [0.717, 1.165) is 30.4 Å². The summed E-state index contributed by atoms with van der Waals surface area (Å²) in [7, 11) is 0. The number of nitrogens with zero attached hydrogens (tertiary/aromatic N) is 2. The number of hydrogen-bond donors (Lipinski definition) is 1. The molecule has 96 valence electrons. The highest BCUT2D eigenvalue weighted by atomic mass is 32.2. The minimum atomic E-state index is 0.264. The number of thioether (sulfide) groups is 1. The number of hydrogen-bond acceptors (Lipinski definition) is 4. The van der Waals surface area contributed by atoms with Crippen LogP contribution in [0.25, 0.3) is 0 Å². The van der Waals surface area contributed by atoms with Gasteiger partial charge in [0, 0.05) is 28.7 Å². The van der Waals surface area contributed by atoms with Crippen molar-refractivity contribution in [2.75, 3.05) is 6.54 Å². The van der Waals surface area contributed by atoms with Gasteiger partial charge in [0.2, 0.25) is 0 Å². The quantitative estimate of drug-likeness (QED) is 0.875. The van der Waals surface area contributed by atoms with Crippen molar-refractivity contribution in [1.29, 1.82) is 0 Å². The molecule has 1 aromatic heterocycles. The van der Waals surface area contributed by atoms with Crippen LogP contribution in [0, 0.1) is 6.92 Å². The van der Waals surface area contributed by atoms with Crippen molar-refractivity contribution < 1.29 is 0 Å². The third-order valence-corrected chi connectivity index (χ3v) is 3.60. The van der Waals surface area contributed by atoms with Crippen LogP contribution in [-0.4, -0.2) is 21.3 Å². The summed E-state index contributed by atoms with van der Waals surface area (Å²) >= 11 is 1.88. The molecule has 1 heterocycles. The molecule has 0 fully saturated rings. The summed E-state index contributed by atoms with van der Waals surface area (Å²) in [5, 5.41) is 3.30. The topological polar surface area (TPSA) is 37.8 Å². The van der Waals surface area contributed by atoms with Gasteiger partial charge in [0.25, 0.3) is 0 Å². The summed E-state index contributed by atoms with van der Waals surface area (Å²) in [5.74, 6) is 1.81. The fraction of sp³-hybridized carbons (Fsp3) is 0.692. The first kappa shape index (κ1) is 14.5. The van der Waals surface area contributed by atoms with Crippen molar-refractivity contribution >= 4 is 11.8 Å². The minimum absolute atomic E-state index is 0.264. The molecule has 0 aliphatic heterocycles. The van der Waals surface area contributed by atoms with E-state index in [1.54, 1.807) is 0 Å². The van der Waals surface area contributed by atoms with Gasteiger partial charge in [0.1, 0.15) is 5.82 Å². The smallest absolute Gasteiger partial charge is 0.138 e. The average Bonchev–Trinajstić information content (AvgIpc) is 2.24. The van der Waals surface area contributed by atoms with Crippen LogP contribution in [0.4, 0.5) is 0 Å². The second kappa shape index (κ2) is 6.36. The van der Waals surface area contributed by atoms with Gasteiger partial charge in [0.05, 0.1) is 5.75 Å². The molecule has 0 unspecified atom stereocenters. The van der Waals surface area contributed by atoms with Crippen molar-refractivity contribution in [2.45, 2.75) is 51.7 Å². The Kier molecular flexibility index (Phi) is 5.40. The lowest BCUT2D eigenvalue weighted by molar-refractivity contribution is 0.713. The Bertz CT molecular complexity index is 358. The highest BCUT2D eigenvalue weighted by molar-refractivity contribution is 7.99. The van der Waals surface area contributed by atoms with Gasteiger partial charge in [-0.25, -0.2) is 9.97 Å². The van der Waals surface area contributed by atoms with Crippen molar-refractivity contribution in [3.05, 3.63) is 23.3 Å². The molecule has 1 rings (SSSR count). The van der Waals surface area contributed by atoms with Crippen molar-refractivity contribution in [2.24, 2.45) is 0 Å².